The van der Waals surface area contributed by atoms with Crippen molar-refractivity contribution in [2.75, 3.05) is 43.4 Å². The molecule has 1 fully saturated rings. The van der Waals surface area contributed by atoms with Crippen molar-refractivity contribution in [3.8, 4) is 11.3 Å². The van der Waals surface area contributed by atoms with Crippen molar-refractivity contribution in [3.63, 3.8) is 0 Å². The maximum absolute atomic E-state index is 6.51. The number of nitrogens with zero attached hydrogens (tertiary/aromatic N) is 7. The number of piperazine rings is 1. The molecule has 0 unspecified atom stereocenters. The number of anilines is 3. The summed E-state index contributed by atoms with van der Waals surface area (Å²) in [4.78, 5) is 18.2. The molecule has 10 heteroatoms. The molecule has 0 saturated carbocycles. The topological polar surface area (TPSA) is 86.5 Å². The smallest absolute Gasteiger partial charge is 0.228 e. The summed E-state index contributed by atoms with van der Waals surface area (Å²) >= 11 is 6.51. The second kappa shape index (κ2) is 8.26. The largest absolute Gasteiger partial charge is 0.368 e. The minimum atomic E-state index is 0.442. The Kier molecular flexibility index (Phi) is 5.09. The average Bonchev–Trinajstić information content (AvgIpc) is 3.44. The van der Waals surface area contributed by atoms with Gasteiger partial charge in [-0.15, -0.1) is 0 Å². The number of fused-ring (bicyclic) bond motifs is 3. The Labute approximate surface area is 196 Å². The van der Waals surface area contributed by atoms with E-state index in [1.54, 1.807) is 6.20 Å². The highest BCUT2D eigenvalue weighted by Gasteiger charge is 2.22. The molecular weight excluding hydrogens is 438 g/mol. The van der Waals surface area contributed by atoms with E-state index in [1.807, 2.05) is 23.0 Å². The number of halogens is 1. The zero-order valence-corrected chi connectivity index (χ0v) is 19.0. The molecule has 2 aliphatic heterocycles. The van der Waals surface area contributed by atoms with E-state index in [1.165, 1.54) is 11.3 Å². The first-order chi connectivity index (χ1) is 16.2. The highest BCUT2D eigenvalue weighted by Crippen LogP contribution is 2.32. The number of aromatic nitrogens is 5. The number of hydrogen-bond acceptors (Lipinski definition) is 8. The third-order valence-electron chi connectivity index (χ3n) is 6.20. The molecule has 0 aliphatic carbocycles. The van der Waals surface area contributed by atoms with Crippen LogP contribution in [0.4, 0.5) is 17.5 Å². The minimum absolute atomic E-state index is 0.442. The zero-order valence-electron chi connectivity index (χ0n) is 18.3. The van der Waals surface area contributed by atoms with Gasteiger partial charge in [-0.05, 0) is 30.8 Å². The van der Waals surface area contributed by atoms with Crippen molar-refractivity contribution in [2.24, 2.45) is 0 Å². The van der Waals surface area contributed by atoms with Crippen LogP contribution in [-0.4, -0.2) is 62.7 Å². The molecule has 9 nitrogen and oxygen atoms in total. The van der Waals surface area contributed by atoms with E-state index in [0.717, 1.165) is 56.0 Å². The lowest BCUT2D eigenvalue weighted by Gasteiger charge is -2.29. The van der Waals surface area contributed by atoms with Crippen LogP contribution in [0.2, 0.25) is 5.02 Å². The van der Waals surface area contributed by atoms with Crippen LogP contribution < -0.4 is 15.5 Å². The van der Waals surface area contributed by atoms with E-state index >= 15 is 0 Å². The van der Waals surface area contributed by atoms with Crippen molar-refractivity contribution in [1.82, 2.24) is 34.8 Å². The Morgan fingerprint density at radius 1 is 1.00 bits per heavy atom. The second-order valence-electron chi connectivity index (χ2n) is 8.49. The summed E-state index contributed by atoms with van der Waals surface area (Å²) in [5.74, 6) is 1.12. The molecule has 0 atom stereocenters. The zero-order chi connectivity index (χ0) is 22.4. The molecule has 1 saturated heterocycles. The molecule has 6 rings (SSSR count). The van der Waals surface area contributed by atoms with E-state index < -0.39 is 0 Å². The standard InChI is InChI=1S/C23H24ClN9/c1-31-13-15-2-4-19-17(11-28-33(19)20(15)14-31)22-18(24)12-27-23(30-22)29-21-5-3-16(10-26-21)32-8-6-25-7-9-32/h2-5,10-12,25H,6-9,13-14H2,1H3,(H,26,27,29,30). The van der Waals surface area contributed by atoms with Crippen LogP contribution in [0.5, 0.6) is 0 Å². The quantitative estimate of drug-likeness (QED) is 0.479. The van der Waals surface area contributed by atoms with Crippen molar-refractivity contribution < 1.29 is 0 Å². The molecule has 0 radical (unpaired) electrons. The number of rotatable bonds is 4. The van der Waals surface area contributed by atoms with E-state index in [-0.39, 0.29) is 0 Å². The van der Waals surface area contributed by atoms with Gasteiger partial charge in [0.15, 0.2) is 0 Å². The van der Waals surface area contributed by atoms with Gasteiger partial charge in [-0.2, -0.15) is 5.10 Å². The fraction of sp³-hybridized carbons (Fsp3) is 0.304. The van der Waals surface area contributed by atoms with Gasteiger partial charge in [0, 0.05) is 44.8 Å². The van der Waals surface area contributed by atoms with E-state index in [0.29, 0.717) is 22.5 Å². The Morgan fingerprint density at radius 2 is 1.88 bits per heavy atom. The first-order valence-corrected chi connectivity index (χ1v) is 11.4. The van der Waals surface area contributed by atoms with Crippen LogP contribution in [0.15, 0.2) is 42.9 Å². The predicted molar refractivity (Wildman–Crippen MR) is 129 cm³/mol. The van der Waals surface area contributed by atoms with Gasteiger partial charge in [0.25, 0.3) is 0 Å². The Bertz CT molecular complexity index is 1310. The van der Waals surface area contributed by atoms with E-state index in [2.05, 4.69) is 60.7 Å². The summed E-state index contributed by atoms with van der Waals surface area (Å²) in [7, 11) is 2.11. The number of hydrogen-bond donors (Lipinski definition) is 2. The van der Waals surface area contributed by atoms with Gasteiger partial charge in [0.05, 0.1) is 46.2 Å². The molecule has 4 aromatic rings. The summed E-state index contributed by atoms with van der Waals surface area (Å²) < 4.78 is 2.00. The fourth-order valence-electron chi connectivity index (χ4n) is 4.54. The SMILES string of the molecule is CN1Cc2ccc3c(-c4nc(Nc5ccc(N6CCNCC6)cn5)ncc4Cl)cnn3c2C1. The van der Waals surface area contributed by atoms with Crippen LogP contribution >= 0.6 is 11.6 Å². The van der Waals surface area contributed by atoms with Crippen molar-refractivity contribution >= 4 is 34.6 Å². The highest BCUT2D eigenvalue weighted by atomic mass is 35.5. The first kappa shape index (κ1) is 20.3. The van der Waals surface area contributed by atoms with Crippen molar-refractivity contribution in [1.29, 1.82) is 0 Å². The lowest BCUT2D eigenvalue weighted by Crippen LogP contribution is -2.43. The summed E-state index contributed by atoms with van der Waals surface area (Å²) in [6.45, 7) is 5.75. The summed E-state index contributed by atoms with van der Waals surface area (Å²) in [5.41, 5.74) is 6.13. The average molecular weight is 462 g/mol. The normalized spacial score (nSPS) is 16.4. The monoisotopic (exact) mass is 461 g/mol. The van der Waals surface area contributed by atoms with Gasteiger partial charge >= 0.3 is 0 Å². The van der Waals surface area contributed by atoms with Gasteiger partial charge in [0.1, 0.15) is 5.82 Å². The Morgan fingerprint density at radius 3 is 2.70 bits per heavy atom. The molecule has 0 bridgehead atoms. The molecule has 4 aromatic heterocycles. The van der Waals surface area contributed by atoms with Crippen LogP contribution in [0.25, 0.3) is 16.8 Å². The van der Waals surface area contributed by atoms with E-state index in [4.69, 9.17) is 16.6 Å². The van der Waals surface area contributed by atoms with Gasteiger partial charge in [0.2, 0.25) is 5.95 Å². The van der Waals surface area contributed by atoms with Gasteiger partial charge in [-0.25, -0.2) is 19.5 Å². The summed E-state index contributed by atoms with van der Waals surface area (Å²) in [5, 5.41) is 11.7. The van der Waals surface area contributed by atoms with Gasteiger partial charge in [-0.1, -0.05) is 17.7 Å². The summed E-state index contributed by atoms with van der Waals surface area (Å²) in [6, 6.07) is 8.27. The van der Waals surface area contributed by atoms with Crippen LogP contribution in [0.1, 0.15) is 11.3 Å². The van der Waals surface area contributed by atoms with Crippen molar-refractivity contribution in [2.45, 2.75) is 13.1 Å². The third kappa shape index (κ3) is 3.78. The molecule has 0 aromatic carbocycles. The molecule has 2 N–H and O–H groups in total. The molecular formula is C23H24ClN9. The van der Waals surface area contributed by atoms with Gasteiger partial charge in [-0.3, -0.25) is 4.90 Å². The molecule has 33 heavy (non-hydrogen) atoms. The summed E-state index contributed by atoms with van der Waals surface area (Å²) in [6.07, 6.45) is 5.33. The number of pyridine rings is 2. The third-order valence-corrected chi connectivity index (χ3v) is 6.48. The first-order valence-electron chi connectivity index (χ1n) is 11.0. The Hall–Kier alpha value is -3.27. The maximum atomic E-state index is 6.51. The van der Waals surface area contributed by atoms with Crippen LogP contribution in [-0.2, 0) is 13.1 Å². The molecule has 168 valence electrons. The molecule has 0 amide bonds. The molecule has 6 heterocycles. The highest BCUT2D eigenvalue weighted by molar-refractivity contribution is 6.33. The van der Waals surface area contributed by atoms with Crippen LogP contribution in [0, 0.1) is 0 Å². The predicted octanol–water partition coefficient (Wildman–Crippen LogP) is 2.94. The fourth-order valence-corrected chi connectivity index (χ4v) is 4.74. The maximum Gasteiger partial charge on any atom is 0.228 e. The Balaban J connectivity index is 1.28. The minimum Gasteiger partial charge on any atom is -0.368 e. The van der Waals surface area contributed by atoms with Crippen LogP contribution in [0.3, 0.4) is 0 Å². The van der Waals surface area contributed by atoms with E-state index in [9.17, 15) is 0 Å². The lowest BCUT2D eigenvalue weighted by molar-refractivity contribution is 0.349. The van der Waals surface area contributed by atoms with Gasteiger partial charge < -0.3 is 15.5 Å². The van der Waals surface area contributed by atoms with Crippen molar-refractivity contribution in [3.05, 3.63) is 59.1 Å². The molecule has 0 spiro atoms. The lowest BCUT2D eigenvalue weighted by atomic mass is 10.1. The second-order valence-corrected chi connectivity index (χ2v) is 8.89. The number of nitrogens with one attached hydrogen (secondary N) is 2. The molecule has 2 aliphatic rings.